The van der Waals surface area contributed by atoms with Crippen molar-refractivity contribution in [1.82, 2.24) is 4.57 Å². The quantitative estimate of drug-likeness (QED) is 0.779. The molecule has 1 aromatic carbocycles. The molecule has 0 fully saturated rings. The van der Waals surface area contributed by atoms with Gasteiger partial charge in [0.05, 0.1) is 4.47 Å². The van der Waals surface area contributed by atoms with E-state index in [2.05, 4.69) is 15.9 Å². The molecule has 0 bridgehead atoms. The first-order chi connectivity index (χ1) is 7.16. The van der Waals surface area contributed by atoms with Gasteiger partial charge in [0.2, 0.25) is 0 Å². The van der Waals surface area contributed by atoms with Crippen molar-refractivity contribution in [3.8, 4) is 5.69 Å². The second-order valence-corrected chi connectivity index (χ2v) is 3.89. The number of pyridine rings is 1. The Kier molecular flexibility index (Phi) is 2.68. The van der Waals surface area contributed by atoms with Crippen molar-refractivity contribution in [3.63, 3.8) is 0 Å². The number of aromatic nitrogens is 1. The summed E-state index contributed by atoms with van der Waals surface area (Å²) in [6.07, 6.45) is 3.20. The van der Waals surface area contributed by atoms with Gasteiger partial charge in [-0.05, 0) is 34.1 Å². The van der Waals surface area contributed by atoms with Crippen molar-refractivity contribution in [3.05, 3.63) is 63.2 Å². The summed E-state index contributed by atoms with van der Waals surface area (Å²) in [6.45, 7) is 0. The molecule has 0 spiro atoms. The van der Waals surface area contributed by atoms with Crippen LogP contribution >= 0.6 is 15.9 Å². The minimum atomic E-state index is -0.328. The highest BCUT2D eigenvalue weighted by Gasteiger charge is 2.00. The van der Waals surface area contributed by atoms with Gasteiger partial charge in [-0.1, -0.05) is 0 Å². The lowest BCUT2D eigenvalue weighted by atomic mass is 10.3. The van der Waals surface area contributed by atoms with Crippen LogP contribution in [0.1, 0.15) is 0 Å². The molecule has 2 nitrogen and oxygen atoms in total. The molecule has 1 heterocycles. The van der Waals surface area contributed by atoms with E-state index < -0.39 is 0 Å². The van der Waals surface area contributed by atoms with E-state index in [1.165, 1.54) is 18.2 Å². The molecule has 0 unspecified atom stereocenters. The number of halogens is 2. The Balaban J connectivity index is 2.50. The average molecular weight is 268 g/mol. The summed E-state index contributed by atoms with van der Waals surface area (Å²) in [4.78, 5) is 10.9. The van der Waals surface area contributed by atoms with E-state index in [0.717, 1.165) is 0 Å². The summed E-state index contributed by atoms with van der Waals surface area (Å²) in [5.41, 5.74) is 0.611. The van der Waals surface area contributed by atoms with Crippen LogP contribution in [0.2, 0.25) is 0 Å². The van der Waals surface area contributed by atoms with Crippen LogP contribution in [0.5, 0.6) is 0 Å². The van der Waals surface area contributed by atoms with Crippen molar-refractivity contribution >= 4 is 15.9 Å². The zero-order chi connectivity index (χ0) is 10.8. The van der Waals surface area contributed by atoms with Crippen molar-refractivity contribution in [2.45, 2.75) is 0 Å². The van der Waals surface area contributed by atoms with Crippen LogP contribution in [0.15, 0.2) is 52.0 Å². The van der Waals surface area contributed by atoms with Gasteiger partial charge >= 0.3 is 0 Å². The van der Waals surface area contributed by atoms with Gasteiger partial charge in [0.15, 0.2) is 5.43 Å². The van der Waals surface area contributed by atoms with Crippen LogP contribution < -0.4 is 5.43 Å². The Hall–Kier alpha value is -1.42. The molecule has 0 aliphatic rings. The van der Waals surface area contributed by atoms with E-state index in [9.17, 15) is 9.18 Å². The number of hydrogen-bond acceptors (Lipinski definition) is 1. The lowest BCUT2D eigenvalue weighted by Gasteiger charge is -2.05. The fourth-order valence-corrected chi connectivity index (χ4v) is 1.48. The van der Waals surface area contributed by atoms with Gasteiger partial charge in [0.25, 0.3) is 0 Å². The molecule has 76 valence electrons. The number of hydrogen-bond donors (Lipinski definition) is 0. The number of rotatable bonds is 1. The Morgan fingerprint density at radius 2 is 1.80 bits per heavy atom. The Labute approximate surface area is 94.1 Å². The smallest absolute Gasteiger partial charge is 0.181 e. The molecule has 1 aromatic heterocycles. The number of benzene rings is 1. The third kappa shape index (κ3) is 2.15. The van der Waals surface area contributed by atoms with Crippen LogP contribution in [0, 0.1) is 5.82 Å². The zero-order valence-corrected chi connectivity index (χ0v) is 9.24. The molecule has 0 aliphatic heterocycles. The Bertz CT molecular complexity index is 530. The van der Waals surface area contributed by atoms with Crippen molar-refractivity contribution < 1.29 is 4.39 Å². The summed E-state index contributed by atoms with van der Waals surface area (Å²) in [7, 11) is 0. The normalized spacial score (nSPS) is 10.3. The van der Waals surface area contributed by atoms with Gasteiger partial charge < -0.3 is 4.57 Å². The van der Waals surface area contributed by atoms with Gasteiger partial charge in [-0.15, -0.1) is 0 Å². The average Bonchev–Trinajstić information content (AvgIpc) is 2.23. The van der Waals surface area contributed by atoms with Crippen LogP contribution in [-0.2, 0) is 0 Å². The SMILES string of the molecule is O=c1ccn(-c2ccc(Br)c(F)c2)cc1. The van der Waals surface area contributed by atoms with Gasteiger partial charge in [-0.2, -0.15) is 0 Å². The molecule has 0 saturated heterocycles. The molecule has 15 heavy (non-hydrogen) atoms. The summed E-state index contributed by atoms with van der Waals surface area (Å²) in [5.74, 6) is -0.328. The molecule has 0 radical (unpaired) electrons. The predicted molar refractivity (Wildman–Crippen MR) is 59.7 cm³/mol. The maximum absolute atomic E-state index is 13.2. The van der Waals surface area contributed by atoms with E-state index in [1.807, 2.05) is 0 Å². The molecule has 0 aliphatic carbocycles. The van der Waals surface area contributed by atoms with Crippen molar-refractivity contribution in [1.29, 1.82) is 0 Å². The fraction of sp³-hybridized carbons (Fsp3) is 0. The van der Waals surface area contributed by atoms with Gasteiger partial charge in [-0.3, -0.25) is 4.79 Å². The van der Waals surface area contributed by atoms with E-state index >= 15 is 0 Å². The lowest BCUT2D eigenvalue weighted by Crippen LogP contribution is -2.01. The highest BCUT2D eigenvalue weighted by atomic mass is 79.9. The molecule has 2 aromatic rings. The molecule has 2 rings (SSSR count). The molecule has 0 atom stereocenters. The highest BCUT2D eigenvalue weighted by molar-refractivity contribution is 9.10. The molecule has 0 saturated carbocycles. The van der Waals surface area contributed by atoms with Crippen molar-refractivity contribution in [2.75, 3.05) is 0 Å². The third-order valence-corrected chi connectivity index (χ3v) is 2.64. The topological polar surface area (TPSA) is 22.0 Å². The Morgan fingerprint density at radius 1 is 1.13 bits per heavy atom. The predicted octanol–water partition coefficient (Wildman–Crippen LogP) is 2.74. The summed E-state index contributed by atoms with van der Waals surface area (Å²) < 4.78 is 15.3. The zero-order valence-electron chi connectivity index (χ0n) is 7.65. The van der Waals surface area contributed by atoms with Gasteiger partial charge in [-0.25, -0.2) is 4.39 Å². The van der Waals surface area contributed by atoms with Crippen LogP contribution in [0.4, 0.5) is 4.39 Å². The summed E-state index contributed by atoms with van der Waals surface area (Å²) in [5, 5.41) is 0. The lowest BCUT2D eigenvalue weighted by molar-refractivity contribution is 0.620. The largest absolute Gasteiger partial charge is 0.323 e. The monoisotopic (exact) mass is 267 g/mol. The standard InChI is InChI=1S/C11H7BrFNO/c12-10-2-1-8(7-11(10)13)14-5-3-9(15)4-6-14/h1-7H. The molecule has 4 heteroatoms. The molecule has 0 amide bonds. The Morgan fingerprint density at radius 3 is 2.40 bits per heavy atom. The minimum absolute atomic E-state index is 0.0659. The first-order valence-corrected chi connectivity index (χ1v) is 5.10. The first-order valence-electron chi connectivity index (χ1n) is 4.30. The maximum atomic E-state index is 13.2. The van der Waals surface area contributed by atoms with Gasteiger partial charge in [0.1, 0.15) is 5.82 Å². The molecular formula is C11H7BrFNO. The third-order valence-electron chi connectivity index (χ3n) is 2.00. The molecule has 0 N–H and O–H groups in total. The fourth-order valence-electron chi connectivity index (χ4n) is 1.23. The van der Waals surface area contributed by atoms with Crippen LogP contribution in [-0.4, -0.2) is 4.57 Å². The minimum Gasteiger partial charge on any atom is -0.323 e. The first kappa shape index (κ1) is 10.1. The van der Waals surface area contributed by atoms with E-state index in [0.29, 0.717) is 10.2 Å². The second kappa shape index (κ2) is 3.98. The van der Waals surface area contributed by atoms with E-state index in [-0.39, 0.29) is 11.2 Å². The number of nitrogens with zero attached hydrogens (tertiary/aromatic N) is 1. The summed E-state index contributed by atoms with van der Waals surface area (Å²) >= 11 is 3.08. The van der Waals surface area contributed by atoms with E-state index in [1.54, 1.807) is 29.1 Å². The van der Waals surface area contributed by atoms with Crippen LogP contribution in [0.3, 0.4) is 0 Å². The summed E-state index contributed by atoms with van der Waals surface area (Å²) in [6, 6.07) is 7.65. The maximum Gasteiger partial charge on any atom is 0.181 e. The van der Waals surface area contributed by atoms with Crippen LogP contribution in [0.25, 0.3) is 5.69 Å². The van der Waals surface area contributed by atoms with Crippen molar-refractivity contribution in [2.24, 2.45) is 0 Å². The van der Waals surface area contributed by atoms with Gasteiger partial charge in [0, 0.05) is 30.2 Å². The second-order valence-electron chi connectivity index (χ2n) is 3.04. The highest BCUT2D eigenvalue weighted by Crippen LogP contribution is 2.18. The molecular weight excluding hydrogens is 261 g/mol. The van der Waals surface area contributed by atoms with E-state index in [4.69, 9.17) is 0 Å².